The third kappa shape index (κ3) is 4.28. The van der Waals surface area contributed by atoms with Crippen molar-refractivity contribution in [2.75, 3.05) is 0 Å². The summed E-state index contributed by atoms with van der Waals surface area (Å²) in [6.45, 7) is 0. The zero-order valence-corrected chi connectivity index (χ0v) is 11.5. The van der Waals surface area contributed by atoms with Gasteiger partial charge in [-0.3, -0.25) is 0 Å². The Labute approximate surface area is 132 Å². The van der Waals surface area contributed by atoms with Crippen LogP contribution in [-0.2, 0) is 9.59 Å². The number of carbonyl (C=O) groups is 2. The Morgan fingerprint density at radius 2 is 1.32 bits per heavy atom. The third-order valence-corrected chi connectivity index (χ3v) is 2.55. The normalized spacial score (nSPS) is 12.1. The maximum atomic E-state index is 12.3. The second-order valence-corrected chi connectivity index (χ2v) is 4.37. The second kappa shape index (κ2) is 6.11. The fraction of sp³-hybridized carbons (Fsp3) is 0.154. The van der Waals surface area contributed by atoms with Gasteiger partial charge in [0.2, 0.25) is 0 Å². The standard InChI is InChI=1S/C13H4F6O6/c14-12(15,16)10(21)24-7-3-5-1-2-9(20)23-6(5)4-8(7)25-11(22)13(17,18)19/h1-4H. The average molecular weight is 370 g/mol. The number of fused-ring (bicyclic) bond motifs is 1. The molecule has 0 aliphatic rings. The lowest BCUT2D eigenvalue weighted by molar-refractivity contribution is -0.191. The first-order valence-electron chi connectivity index (χ1n) is 6.04. The minimum absolute atomic E-state index is 0.101. The van der Waals surface area contributed by atoms with E-state index in [4.69, 9.17) is 0 Å². The molecule has 0 spiro atoms. The molecular formula is C13H4F6O6. The van der Waals surface area contributed by atoms with E-state index in [0.29, 0.717) is 12.1 Å². The third-order valence-electron chi connectivity index (χ3n) is 2.55. The molecular weight excluding hydrogens is 366 g/mol. The summed E-state index contributed by atoms with van der Waals surface area (Å²) < 4.78 is 86.0. The van der Waals surface area contributed by atoms with E-state index >= 15 is 0 Å². The lowest BCUT2D eigenvalue weighted by Crippen LogP contribution is -2.30. The van der Waals surface area contributed by atoms with Crippen molar-refractivity contribution in [3.8, 4) is 11.5 Å². The monoisotopic (exact) mass is 370 g/mol. The fourth-order valence-corrected chi connectivity index (χ4v) is 1.55. The van der Waals surface area contributed by atoms with Gasteiger partial charge in [0, 0.05) is 17.5 Å². The molecule has 6 nitrogen and oxygen atoms in total. The number of benzene rings is 1. The number of halogens is 6. The molecule has 1 aromatic heterocycles. The molecule has 0 saturated heterocycles. The minimum atomic E-state index is -5.47. The number of carbonyl (C=O) groups excluding carboxylic acids is 2. The van der Waals surface area contributed by atoms with Gasteiger partial charge in [-0.2, -0.15) is 26.3 Å². The molecule has 25 heavy (non-hydrogen) atoms. The highest BCUT2D eigenvalue weighted by atomic mass is 19.4. The average Bonchev–Trinajstić information content (AvgIpc) is 2.45. The molecule has 2 aromatic rings. The van der Waals surface area contributed by atoms with Gasteiger partial charge in [0.15, 0.2) is 11.5 Å². The lowest BCUT2D eigenvalue weighted by atomic mass is 10.2. The van der Waals surface area contributed by atoms with Crippen molar-refractivity contribution in [3.63, 3.8) is 0 Å². The van der Waals surface area contributed by atoms with Crippen LogP contribution in [0, 0.1) is 0 Å². The van der Waals surface area contributed by atoms with Crippen LogP contribution in [0.15, 0.2) is 33.5 Å². The zero-order valence-electron chi connectivity index (χ0n) is 11.5. The fourth-order valence-electron chi connectivity index (χ4n) is 1.55. The van der Waals surface area contributed by atoms with Crippen molar-refractivity contribution >= 4 is 22.9 Å². The maximum Gasteiger partial charge on any atom is 0.491 e. The highest BCUT2D eigenvalue weighted by Crippen LogP contribution is 2.35. The lowest BCUT2D eigenvalue weighted by Gasteiger charge is -2.13. The van der Waals surface area contributed by atoms with Crippen molar-refractivity contribution < 1.29 is 49.8 Å². The molecule has 0 N–H and O–H groups in total. The van der Waals surface area contributed by atoms with Gasteiger partial charge in [-0.05, 0) is 12.1 Å². The van der Waals surface area contributed by atoms with Gasteiger partial charge in [0.25, 0.3) is 0 Å². The Bertz CT molecular complexity index is 894. The van der Waals surface area contributed by atoms with Crippen molar-refractivity contribution in [1.29, 1.82) is 0 Å². The van der Waals surface area contributed by atoms with Crippen LogP contribution < -0.4 is 15.1 Å². The van der Waals surface area contributed by atoms with Crippen molar-refractivity contribution in [2.24, 2.45) is 0 Å². The van der Waals surface area contributed by atoms with E-state index in [-0.39, 0.29) is 5.39 Å². The quantitative estimate of drug-likeness (QED) is 0.350. The number of esters is 2. The first-order chi connectivity index (χ1) is 11.4. The topological polar surface area (TPSA) is 82.8 Å². The maximum absolute atomic E-state index is 12.3. The van der Waals surface area contributed by atoms with Gasteiger partial charge in [-0.15, -0.1) is 0 Å². The molecule has 12 heteroatoms. The van der Waals surface area contributed by atoms with Crippen molar-refractivity contribution in [1.82, 2.24) is 0 Å². The predicted molar refractivity (Wildman–Crippen MR) is 65.9 cm³/mol. The van der Waals surface area contributed by atoms with Crippen molar-refractivity contribution in [2.45, 2.75) is 12.4 Å². The first kappa shape index (κ1) is 18.3. The summed E-state index contributed by atoms with van der Waals surface area (Å²) in [6, 6.07) is 3.06. The molecule has 0 aliphatic carbocycles. The van der Waals surface area contributed by atoms with Crippen LogP contribution >= 0.6 is 0 Å². The summed E-state index contributed by atoms with van der Waals surface area (Å²) in [6.07, 6.45) is -10.9. The van der Waals surface area contributed by atoms with Crippen molar-refractivity contribution in [3.05, 3.63) is 34.7 Å². The Morgan fingerprint density at radius 3 is 1.80 bits per heavy atom. The highest BCUT2D eigenvalue weighted by Gasteiger charge is 2.44. The van der Waals surface area contributed by atoms with Gasteiger partial charge >= 0.3 is 29.9 Å². The molecule has 2 rings (SSSR count). The molecule has 0 bridgehead atoms. The van der Waals surface area contributed by atoms with Crippen LogP contribution in [0.1, 0.15) is 0 Å². The van der Waals surface area contributed by atoms with Crippen LogP contribution in [0.3, 0.4) is 0 Å². The summed E-state index contributed by atoms with van der Waals surface area (Å²) in [4.78, 5) is 32.8. The van der Waals surface area contributed by atoms with E-state index in [1.54, 1.807) is 0 Å². The van der Waals surface area contributed by atoms with E-state index in [1.807, 2.05) is 0 Å². The summed E-state index contributed by atoms with van der Waals surface area (Å²) in [7, 11) is 0. The predicted octanol–water partition coefficient (Wildman–Crippen LogP) is 2.73. The SMILES string of the molecule is O=C(Oc1cc2ccc(=O)oc2cc1OC(=O)C(F)(F)F)C(F)(F)F. The summed E-state index contributed by atoms with van der Waals surface area (Å²) in [5.41, 5.74) is -1.34. The van der Waals surface area contributed by atoms with Crippen LogP contribution in [-0.4, -0.2) is 24.3 Å². The molecule has 0 unspecified atom stereocenters. The molecule has 134 valence electrons. The Hall–Kier alpha value is -3.05. The zero-order chi connectivity index (χ0) is 19.0. The number of alkyl halides is 6. The van der Waals surface area contributed by atoms with Gasteiger partial charge < -0.3 is 13.9 Å². The van der Waals surface area contributed by atoms with Crippen LogP contribution in [0.25, 0.3) is 11.0 Å². The van der Waals surface area contributed by atoms with Gasteiger partial charge in [-0.1, -0.05) is 0 Å². The first-order valence-corrected chi connectivity index (χ1v) is 6.04. The minimum Gasteiger partial charge on any atom is -0.423 e. The molecule has 1 heterocycles. The highest BCUT2D eigenvalue weighted by molar-refractivity contribution is 5.86. The van der Waals surface area contributed by atoms with E-state index in [0.717, 1.165) is 12.1 Å². The van der Waals surface area contributed by atoms with Crippen LogP contribution in [0.4, 0.5) is 26.3 Å². The van der Waals surface area contributed by atoms with E-state index in [1.165, 1.54) is 0 Å². The number of hydrogen-bond acceptors (Lipinski definition) is 6. The summed E-state index contributed by atoms with van der Waals surface area (Å²) in [5.74, 6) is -7.86. The molecule has 0 amide bonds. The Morgan fingerprint density at radius 1 is 0.840 bits per heavy atom. The second-order valence-electron chi connectivity index (χ2n) is 4.37. The van der Waals surface area contributed by atoms with Gasteiger partial charge in [-0.25, -0.2) is 14.4 Å². The van der Waals surface area contributed by atoms with Gasteiger partial charge in [0.05, 0.1) is 0 Å². The number of rotatable bonds is 2. The summed E-state index contributed by atoms with van der Waals surface area (Å²) in [5, 5.41) is -0.101. The number of ether oxygens (including phenoxy) is 2. The van der Waals surface area contributed by atoms with E-state index < -0.39 is 47.0 Å². The molecule has 0 fully saturated rings. The van der Waals surface area contributed by atoms with Crippen LogP contribution in [0.5, 0.6) is 11.5 Å². The molecule has 0 aliphatic heterocycles. The number of hydrogen-bond donors (Lipinski definition) is 0. The summed E-state index contributed by atoms with van der Waals surface area (Å²) >= 11 is 0. The largest absolute Gasteiger partial charge is 0.491 e. The smallest absolute Gasteiger partial charge is 0.423 e. The molecule has 1 aromatic carbocycles. The molecule has 0 radical (unpaired) electrons. The van der Waals surface area contributed by atoms with Gasteiger partial charge in [0.1, 0.15) is 5.58 Å². The Balaban J connectivity index is 2.54. The van der Waals surface area contributed by atoms with E-state index in [9.17, 15) is 40.7 Å². The van der Waals surface area contributed by atoms with E-state index in [2.05, 4.69) is 13.9 Å². The molecule has 0 atom stereocenters. The van der Waals surface area contributed by atoms with Crippen LogP contribution in [0.2, 0.25) is 0 Å². The Kier molecular flexibility index (Phi) is 4.47. The molecule has 0 saturated carbocycles.